The molecule has 0 fully saturated rings. The maximum atomic E-state index is 12.1. The number of benzene rings is 2. The molecule has 22 heavy (non-hydrogen) atoms. The van der Waals surface area contributed by atoms with Gasteiger partial charge in [-0.2, -0.15) is 0 Å². The normalized spacial score (nSPS) is 10.4. The van der Waals surface area contributed by atoms with Crippen LogP contribution in [0.5, 0.6) is 0 Å². The van der Waals surface area contributed by atoms with E-state index >= 15 is 0 Å². The summed E-state index contributed by atoms with van der Waals surface area (Å²) in [7, 11) is 0. The Hall–Kier alpha value is -2.66. The lowest BCUT2D eigenvalue weighted by atomic mass is 10.2. The first-order valence-electron chi connectivity index (χ1n) is 6.73. The summed E-state index contributed by atoms with van der Waals surface area (Å²) in [6.07, 6.45) is 1.59. The van der Waals surface area contributed by atoms with Gasteiger partial charge in [0, 0.05) is 11.6 Å². The molecule has 0 aliphatic carbocycles. The Balaban J connectivity index is 1.68. The number of nitrogens with zero attached hydrogens (tertiary/aromatic N) is 3. The molecule has 0 aliphatic rings. The molecule has 0 saturated carbocycles. The van der Waals surface area contributed by atoms with E-state index in [1.165, 1.54) is 4.68 Å². The average molecular weight is 313 g/mol. The van der Waals surface area contributed by atoms with E-state index in [0.717, 1.165) is 11.3 Å². The zero-order valence-corrected chi connectivity index (χ0v) is 12.4. The minimum absolute atomic E-state index is 0.260. The van der Waals surface area contributed by atoms with E-state index in [1.54, 1.807) is 18.3 Å². The van der Waals surface area contributed by atoms with E-state index in [-0.39, 0.29) is 11.6 Å². The van der Waals surface area contributed by atoms with Gasteiger partial charge in [0.15, 0.2) is 5.69 Å². The molecule has 6 heteroatoms. The smallest absolute Gasteiger partial charge is 0.273 e. The Morgan fingerprint density at radius 3 is 2.55 bits per heavy atom. The van der Waals surface area contributed by atoms with E-state index < -0.39 is 0 Å². The third kappa shape index (κ3) is 3.32. The second-order valence-electron chi connectivity index (χ2n) is 4.69. The van der Waals surface area contributed by atoms with Gasteiger partial charge in [-0.3, -0.25) is 4.79 Å². The standard InChI is InChI=1S/C16H13ClN4O/c17-13-6-8-14(9-7-13)21-11-15(19-20-21)16(22)18-10-12-4-2-1-3-5-12/h1-9,11H,10H2,(H,18,22). The highest BCUT2D eigenvalue weighted by Gasteiger charge is 2.11. The summed E-state index contributed by atoms with van der Waals surface area (Å²) >= 11 is 5.84. The van der Waals surface area contributed by atoms with Gasteiger partial charge in [0.2, 0.25) is 0 Å². The van der Waals surface area contributed by atoms with Crippen LogP contribution in [-0.4, -0.2) is 20.9 Å². The summed E-state index contributed by atoms with van der Waals surface area (Å²) in [5, 5.41) is 11.3. The summed E-state index contributed by atoms with van der Waals surface area (Å²) < 4.78 is 1.54. The molecule has 0 spiro atoms. The molecule has 3 aromatic rings. The third-order valence-corrected chi connectivity index (χ3v) is 3.37. The molecule has 1 N–H and O–H groups in total. The van der Waals surface area contributed by atoms with Gasteiger partial charge in [-0.25, -0.2) is 4.68 Å². The quantitative estimate of drug-likeness (QED) is 0.806. The summed E-state index contributed by atoms with van der Waals surface area (Å²) in [6, 6.07) is 16.8. The molecule has 2 aromatic carbocycles. The van der Waals surface area contributed by atoms with Crippen LogP contribution in [0.3, 0.4) is 0 Å². The minimum atomic E-state index is -0.260. The van der Waals surface area contributed by atoms with Crippen molar-refractivity contribution in [3.8, 4) is 5.69 Å². The lowest BCUT2D eigenvalue weighted by Crippen LogP contribution is -2.23. The van der Waals surface area contributed by atoms with Crippen LogP contribution in [0, 0.1) is 0 Å². The first-order valence-corrected chi connectivity index (χ1v) is 7.10. The number of aromatic nitrogens is 3. The Labute approximate surface area is 132 Å². The number of hydrogen-bond acceptors (Lipinski definition) is 3. The Kier molecular flexibility index (Phi) is 4.16. The Morgan fingerprint density at radius 1 is 1.09 bits per heavy atom. The Morgan fingerprint density at radius 2 is 1.82 bits per heavy atom. The van der Waals surface area contributed by atoms with Crippen molar-refractivity contribution in [3.05, 3.63) is 77.1 Å². The van der Waals surface area contributed by atoms with Crippen molar-refractivity contribution in [2.75, 3.05) is 0 Å². The first-order chi connectivity index (χ1) is 10.7. The number of rotatable bonds is 4. The van der Waals surface area contributed by atoms with Gasteiger partial charge in [0.25, 0.3) is 5.91 Å². The van der Waals surface area contributed by atoms with Crippen molar-refractivity contribution >= 4 is 17.5 Å². The fourth-order valence-electron chi connectivity index (χ4n) is 1.96. The van der Waals surface area contributed by atoms with Crippen LogP contribution in [0.1, 0.15) is 16.1 Å². The van der Waals surface area contributed by atoms with Crippen LogP contribution in [0.2, 0.25) is 5.02 Å². The predicted octanol–water partition coefficient (Wildman–Crippen LogP) is 2.85. The summed E-state index contributed by atoms with van der Waals surface area (Å²) in [5.74, 6) is -0.260. The lowest BCUT2D eigenvalue weighted by molar-refractivity contribution is 0.0946. The molecule has 0 radical (unpaired) electrons. The summed E-state index contributed by atoms with van der Waals surface area (Å²) in [6.45, 7) is 0.452. The number of carbonyl (C=O) groups excluding carboxylic acids is 1. The molecule has 0 saturated heterocycles. The third-order valence-electron chi connectivity index (χ3n) is 3.11. The summed E-state index contributed by atoms with van der Waals surface area (Å²) in [5.41, 5.74) is 2.09. The molecular formula is C16H13ClN4O. The van der Waals surface area contributed by atoms with Crippen LogP contribution in [0.15, 0.2) is 60.8 Å². The number of halogens is 1. The van der Waals surface area contributed by atoms with Gasteiger partial charge in [-0.1, -0.05) is 47.1 Å². The van der Waals surface area contributed by atoms with Gasteiger partial charge < -0.3 is 5.32 Å². The van der Waals surface area contributed by atoms with Crippen LogP contribution in [0.25, 0.3) is 5.69 Å². The van der Waals surface area contributed by atoms with Crippen LogP contribution in [-0.2, 0) is 6.54 Å². The predicted molar refractivity (Wildman–Crippen MR) is 84.0 cm³/mol. The van der Waals surface area contributed by atoms with Gasteiger partial charge >= 0.3 is 0 Å². The van der Waals surface area contributed by atoms with Crippen molar-refractivity contribution < 1.29 is 4.79 Å². The minimum Gasteiger partial charge on any atom is -0.347 e. The van der Waals surface area contributed by atoms with Crippen molar-refractivity contribution in [3.63, 3.8) is 0 Å². The topological polar surface area (TPSA) is 59.8 Å². The van der Waals surface area contributed by atoms with Crippen molar-refractivity contribution in [1.29, 1.82) is 0 Å². The van der Waals surface area contributed by atoms with Crippen molar-refractivity contribution in [1.82, 2.24) is 20.3 Å². The molecular weight excluding hydrogens is 300 g/mol. The van der Waals surface area contributed by atoms with Gasteiger partial charge in [-0.15, -0.1) is 5.10 Å². The van der Waals surface area contributed by atoms with Crippen LogP contribution < -0.4 is 5.32 Å². The van der Waals surface area contributed by atoms with Crippen LogP contribution >= 0.6 is 11.6 Å². The highest BCUT2D eigenvalue weighted by Crippen LogP contribution is 2.12. The molecule has 1 aromatic heterocycles. The van der Waals surface area contributed by atoms with E-state index in [9.17, 15) is 4.79 Å². The molecule has 0 atom stereocenters. The molecule has 5 nitrogen and oxygen atoms in total. The van der Waals surface area contributed by atoms with Crippen molar-refractivity contribution in [2.24, 2.45) is 0 Å². The number of amides is 1. The molecule has 0 aliphatic heterocycles. The van der Waals surface area contributed by atoms with E-state index in [4.69, 9.17) is 11.6 Å². The summed E-state index contributed by atoms with van der Waals surface area (Å²) in [4.78, 5) is 12.1. The van der Waals surface area contributed by atoms with Gasteiger partial charge in [0.05, 0.1) is 11.9 Å². The maximum absolute atomic E-state index is 12.1. The highest BCUT2D eigenvalue weighted by atomic mass is 35.5. The maximum Gasteiger partial charge on any atom is 0.273 e. The van der Waals surface area contributed by atoms with Gasteiger partial charge in [0.1, 0.15) is 0 Å². The number of carbonyl (C=O) groups is 1. The fourth-order valence-corrected chi connectivity index (χ4v) is 2.08. The molecule has 0 bridgehead atoms. The SMILES string of the molecule is O=C(NCc1ccccc1)c1cn(-c2ccc(Cl)cc2)nn1. The number of nitrogens with one attached hydrogen (secondary N) is 1. The van der Waals surface area contributed by atoms with E-state index in [0.29, 0.717) is 11.6 Å². The van der Waals surface area contributed by atoms with E-state index in [1.807, 2.05) is 42.5 Å². The van der Waals surface area contributed by atoms with E-state index in [2.05, 4.69) is 15.6 Å². The van der Waals surface area contributed by atoms with Gasteiger partial charge in [-0.05, 0) is 29.8 Å². The molecule has 3 rings (SSSR count). The zero-order valence-electron chi connectivity index (χ0n) is 11.6. The lowest BCUT2D eigenvalue weighted by Gasteiger charge is -2.02. The van der Waals surface area contributed by atoms with Crippen LogP contribution in [0.4, 0.5) is 0 Å². The molecule has 110 valence electrons. The Bertz CT molecular complexity index is 768. The average Bonchev–Trinajstić information content (AvgIpc) is 3.04. The monoisotopic (exact) mass is 312 g/mol. The number of hydrogen-bond donors (Lipinski definition) is 1. The zero-order chi connectivity index (χ0) is 15.4. The molecule has 1 amide bonds. The second kappa shape index (κ2) is 6.41. The van der Waals surface area contributed by atoms with Crippen molar-refractivity contribution in [2.45, 2.75) is 6.54 Å². The molecule has 0 unspecified atom stereocenters. The second-order valence-corrected chi connectivity index (χ2v) is 5.13. The molecule has 1 heterocycles. The first kappa shape index (κ1) is 14.3. The highest BCUT2D eigenvalue weighted by molar-refractivity contribution is 6.30. The fraction of sp³-hybridized carbons (Fsp3) is 0.0625. The largest absolute Gasteiger partial charge is 0.347 e.